The van der Waals surface area contributed by atoms with Gasteiger partial charge in [0, 0.05) is 37.7 Å². The Kier molecular flexibility index (Phi) is 6.78. The van der Waals surface area contributed by atoms with Crippen molar-refractivity contribution in [2.75, 3.05) is 32.1 Å². The Hall–Kier alpha value is -2.57. The summed E-state index contributed by atoms with van der Waals surface area (Å²) in [7, 11) is 1.51. The van der Waals surface area contributed by atoms with Crippen molar-refractivity contribution < 1.29 is 14.3 Å². The van der Waals surface area contributed by atoms with E-state index in [0.29, 0.717) is 22.0 Å². The molecule has 2 aromatic carbocycles. The lowest BCUT2D eigenvalue weighted by atomic mass is 10.1. The minimum Gasteiger partial charge on any atom is -0.496 e. The number of benzene rings is 2. The van der Waals surface area contributed by atoms with Crippen LogP contribution in [0.2, 0.25) is 5.02 Å². The summed E-state index contributed by atoms with van der Waals surface area (Å²) in [5, 5.41) is 6.27. The smallest absolute Gasteiger partial charge is 0.255 e. The van der Waals surface area contributed by atoms with Crippen LogP contribution in [0, 0.1) is 5.92 Å². The van der Waals surface area contributed by atoms with Crippen molar-refractivity contribution in [3.8, 4) is 5.75 Å². The number of nitrogens with zero attached hydrogens (tertiary/aromatic N) is 1. The molecule has 4 rings (SSSR count). The third kappa shape index (κ3) is 5.57. The van der Waals surface area contributed by atoms with Crippen molar-refractivity contribution in [3.05, 3.63) is 58.6 Å². The molecule has 0 radical (unpaired) electrons. The zero-order valence-corrected chi connectivity index (χ0v) is 18.5. The van der Waals surface area contributed by atoms with Gasteiger partial charge in [0.25, 0.3) is 5.91 Å². The normalized spacial score (nSPS) is 18.6. The topological polar surface area (TPSA) is 70.7 Å². The van der Waals surface area contributed by atoms with E-state index in [9.17, 15) is 9.59 Å². The molecule has 1 saturated carbocycles. The monoisotopic (exact) mass is 441 g/mol. The molecule has 31 heavy (non-hydrogen) atoms. The molecule has 0 bridgehead atoms. The lowest BCUT2D eigenvalue weighted by molar-refractivity contribution is -0.117. The predicted octanol–water partition coefficient (Wildman–Crippen LogP) is 3.74. The van der Waals surface area contributed by atoms with Crippen LogP contribution >= 0.6 is 11.6 Å². The van der Waals surface area contributed by atoms with Crippen LogP contribution in [-0.2, 0) is 11.2 Å². The fourth-order valence-corrected chi connectivity index (χ4v) is 4.14. The van der Waals surface area contributed by atoms with Crippen molar-refractivity contribution in [1.29, 1.82) is 0 Å². The number of carbonyl (C=O) groups excluding carboxylic acids is 2. The van der Waals surface area contributed by atoms with E-state index in [1.165, 1.54) is 12.7 Å². The van der Waals surface area contributed by atoms with Crippen LogP contribution in [0.25, 0.3) is 0 Å². The van der Waals surface area contributed by atoms with Gasteiger partial charge in [-0.25, -0.2) is 0 Å². The molecule has 1 atom stereocenters. The minimum atomic E-state index is -0.214. The molecular formula is C24H28ClN3O3. The molecule has 2 aromatic rings. The molecular weight excluding hydrogens is 414 g/mol. The second kappa shape index (κ2) is 9.71. The number of hydrogen-bond donors (Lipinski definition) is 2. The first-order valence-electron chi connectivity index (χ1n) is 10.8. The summed E-state index contributed by atoms with van der Waals surface area (Å²) in [4.78, 5) is 27.3. The molecule has 2 amide bonds. The van der Waals surface area contributed by atoms with Crippen LogP contribution in [-0.4, -0.2) is 49.5 Å². The largest absolute Gasteiger partial charge is 0.496 e. The number of rotatable bonds is 8. The first-order valence-corrected chi connectivity index (χ1v) is 11.2. The highest BCUT2D eigenvalue weighted by Crippen LogP contribution is 2.34. The van der Waals surface area contributed by atoms with E-state index in [4.69, 9.17) is 16.3 Å². The Bertz CT molecular complexity index is 947. The van der Waals surface area contributed by atoms with Gasteiger partial charge in [-0.1, -0.05) is 41.9 Å². The van der Waals surface area contributed by atoms with Gasteiger partial charge < -0.3 is 20.3 Å². The van der Waals surface area contributed by atoms with Gasteiger partial charge in [0.05, 0.1) is 23.4 Å². The Balaban J connectivity index is 1.34. The number of carbonyl (C=O) groups is 2. The average Bonchev–Trinajstić information content (AvgIpc) is 3.54. The maximum Gasteiger partial charge on any atom is 0.255 e. The van der Waals surface area contributed by atoms with E-state index in [0.717, 1.165) is 45.3 Å². The molecule has 7 heteroatoms. The highest BCUT2D eigenvalue weighted by Gasteiger charge is 2.30. The number of methoxy groups -OCH3 is 1. The van der Waals surface area contributed by atoms with Gasteiger partial charge >= 0.3 is 0 Å². The molecule has 164 valence electrons. The summed E-state index contributed by atoms with van der Waals surface area (Å²) < 4.78 is 5.41. The van der Waals surface area contributed by atoms with Gasteiger partial charge in [-0.2, -0.15) is 0 Å². The first kappa shape index (κ1) is 21.7. The molecule has 1 aliphatic heterocycles. The van der Waals surface area contributed by atoms with Crippen molar-refractivity contribution in [1.82, 2.24) is 10.2 Å². The van der Waals surface area contributed by atoms with Crippen LogP contribution in [0.4, 0.5) is 5.69 Å². The Labute approximate surface area is 187 Å². The fraction of sp³-hybridized carbons (Fsp3) is 0.417. The zero-order chi connectivity index (χ0) is 21.8. The molecule has 2 fully saturated rings. The number of anilines is 1. The number of hydrogen-bond acceptors (Lipinski definition) is 4. The molecule has 1 saturated heterocycles. The summed E-state index contributed by atoms with van der Waals surface area (Å²) in [6.07, 6.45) is 3.72. The Morgan fingerprint density at radius 2 is 1.94 bits per heavy atom. The lowest BCUT2D eigenvalue weighted by Crippen LogP contribution is -2.37. The maximum atomic E-state index is 12.9. The van der Waals surface area contributed by atoms with Crippen LogP contribution in [0.15, 0.2) is 42.5 Å². The number of amides is 2. The second-order valence-electron chi connectivity index (χ2n) is 8.29. The molecule has 0 aromatic heterocycles. The van der Waals surface area contributed by atoms with Crippen LogP contribution in [0.5, 0.6) is 5.75 Å². The van der Waals surface area contributed by atoms with Crippen molar-refractivity contribution in [3.63, 3.8) is 0 Å². The Morgan fingerprint density at radius 1 is 1.16 bits per heavy atom. The number of halogens is 1. The molecule has 0 spiro atoms. The summed E-state index contributed by atoms with van der Waals surface area (Å²) in [6, 6.07) is 13.7. The molecule has 0 unspecified atom stereocenters. The van der Waals surface area contributed by atoms with Gasteiger partial charge in [-0.15, -0.1) is 0 Å². The molecule has 1 heterocycles. The van der Waals surface area contributed by atoms with Gasteiger partial charge in [-0.05, 0) is 37.3 Å². The fourth-order valence-electron chi connectivity index (χ4n) is 3.92. The van der Waals surface area contributed by atoms with Crippen molar-refractivity contribution >= 4 is 29.1 Å². The van der Waals surface area contributed by atoms with Gasteiger partial charge in [0.2, 0.25) is 5.91 Å². The summed E-state index contributed by atoms with van der Waals surface area (Å²) in [6.45, 7) is 2.76. The number of ether oxygens (including phenoxy) is 1. The molecule has 2 N–H and O–H groups in total. The van der Waals surface area contributed by atoms with Gasteiger partial charge in [0.1, 0.15) is 5.75 Å². The van der Waals surface area contributed by atoms with E-state index in [1.807, 2.05) is 6.07 Å². The van der Waals surface area contributed by atoms with E-state index in [-0.39, 0.29) is 23.8 Å². The first-order chi connectivity index (χ1) is 15.0. The summed E-state index contributed by atoms with van der Waals surface area (Å²) in [5.74, 6) is 0.209. The zero-order valence-electron chi connectivity index (χ0n) is 17.7. The third-order valence-corrected chi connectivity index (χ3v) is 6.22. The predicted molar refractivity (Wildman–Crippen MR) is 122 cm³/mol. The second-order valence-corrected chi connectivity index (χ2v) is 8.70. The van der Waals surface area contributed by atoms with E-state index >= 15 is 0 Å². The average molecular weight is 442 g/mol. The lowest BCUT2D eigenvalue weighted by Gasteiger charge is -2.18. The SMILES string of the molecule is COc1cc(NC(=O)C2CC2)c(Cl)cc1C(=O)N[C@H]1CCN(CCc2ccccc2)C1. The summed E-state index contributed by atoms with van der Waals surface area (Å²) >= 11 is 6.35. The highest BCUT2D eigenvalue weighted by atomic mass is 35.5. The van der Waals surface area contributed by atoms with Gasteiger partial charge in [0.15, 0.2) is 0 Å². The molecule has 6 nitrogen and oxygen atoms in total. The number of likely N-dealkylation sites (tertiary alicyclic amines) is 1. The maximum absolute atomic E-state index is 12.9. The molecule has 2 aliphatic rings. The van der Waals surface area contributed by atoms with Crippen LogP contribution < -0.4 is 15.4 Å². The van der Waals surface area contributed by atoms with Crippen molar-refractivity contribution in [2.24, 2.45) is 5.92 Å². The minimum absolute atomic E-state index is 0.0392. The van der Waals surface area contributed by atoms with Crippen LogP contribution in [0.1, 0.15) is 35.2 Å². The Morgan fingerprint density at radius 3 is 2.65 bits per heavy atom. The number of nitrogens with one attached hydrogen (secondary N) is 2. The van der Waals surface area contributed by atoms with Crippen molar-refractivity contribution in [2.45, 2.75) is 31.7 Å². The quantitative estimate of drug-likeness (QED) is 0.654. The van der Waals surface area contributed by atoms with E-state index in [1.54, 1.807) is 12.1 Å². The standard InChI is InChI=1S/C24H28ClN3O3/c1-31-22-14-21(27-23(29)17-7-8-17)20(25)13-19(22)24(30)26-18-10-12-28(15-18)11-9-16-5-3-2-4-6-16/h2-6,13-14,17-18H,7-12,15H2,1H3,(H,26,30)(H,27,29)/t18-/m0/s1. The highest BCUT2D eigenvalue weighted by molar-refractivity contribution is 6.34. The van der Waals surface area contributed by atoms with Gasteiger partial charge in [-0.3, -0.25) is 9.59 Å². The third-order valence-electron chi connectivity index (χ3n) is 5.91. The van der Waals surface area contributed by atoms with E-state index in [2.05, 4.69) is 39.8 Å². The van der Waals surface area contributed by atoms with Crippen LogP contribution in [0.3, 0.4) is 0 Å². The molecule has 1 aliphatic carbocycles. The van der Waals surface area contributed by atoms with E-state index < -0.39 is 0 Å². The summed E-state index contributed by atoms with van der Waals surface area (Å²) in [5.41, 5.74) is 2.17.